The van der Waals surface area contributed by atoms with Crippen LogP contribution >= 0.6 is 11.6 Å². The Labute approximate surface area is 114 Å². The maximum absolute atomic E-state index is 11.4. The summed E-state index contributed by atoms with van der Waals surface area (Å²) in [6, 6.07) is 4.36. The third-order valence-corrected chi connectivity index (χ3v) is 2.42. The van der Waals surface area contributed by atoms with E-state index in [-0.39, 0.29) is 16.6 Å². The Hall–Kier alpha value is -2.34. The largest absolute Gasteiger partial charge is 0.478 e. The molecule has 0 atom stereocenters. The number of anilines is 1. The molecule has 19 heavy (non-hydrogen) atoms. The fourth-order valence-electron chi connectivity index (χ4n) is 1.23. The molecule has 0 aliphatic heterocycles. The van der Waals surface area contributed by atoms with Gasteiger partial charge in [-0.3, -0.25) is 9.59 Å². The lowest BCUT2D eigenvalue weighted by atomic mass is 10.2. The van der Waals surface area contributed by atoms with Crippen molar-refractivity contribution < 1.29 is 19.5 Å². The van der Waals surface area contributed by atoms with Crippen LogP contribution < -0.4 is 10.6 Å². The summed E-state index contributed by atoms with van der Waals surface area (Å²) in [5.41, 5.74) is 0.548. The first-order valence-corrected chi connectivity index (χ1v) is 5.55. The topological polar surface area (TPSA) is 95.5 Å². The van der Waals surface area contributed by atoms with Gasteiger partial charge in [-0.1, -0.05) is 11.6 Å². The van der Waals surface area contributed by atoms with E-state index >= 15 is 0 Å². The lowest BCUT2D eigenvalue weighted by Gasteiger charge is -2.07. The zero-order chi connectivity index (χ0) is 14.4. The minimum atomic E-state index is -1.24. The number of carboxylic acids is 1. The molecule has 0 spiro atoms. The number of amides is 2. The van der Waals surface area contributed by atoms with Crippen molar-refractivity contribution >= 4 is 35.1 Å². The predicted molar refractivity (Wildman–Crippen MR) is 70.2 cm³/mol. The third kappa shape index (κ3) is 4.44. The molecule has 0 heterocycles. The molecule has 0 saturated heterocycles. The number of nitrogens with one attached hydrogen (secondary N) is 2. The number of aliphatic carboxylic acids is 1. The van der Waals surface area contributed by atoms with E-state index in [0.29, 0.717) is 11.6 Å². The van der Waals surface area contributed by atoms with Crippen molar-refractivity contribution in [2.24, 2.45) is 0 Å². The monoisotopic (exact) mass is 282 g/mol. The summed E-state index contributed by atoms with van der Waals surface area (Å²) >= 11 is 5.86. The van der Waals surface area contributed by atoms with Gasteiger partial charge in [0.2, 0.25) is 5.91 Å². The van der Waals surface area contributed by atoms with Gasteiger partial charge >= 0.3 is 5.97 Å². The van der Waals surface area contributed by atoms with Gasteiger partial charge in [0.05, 0.1) is 10.7 Å². The molecule has 100 valence electrons. The van der Waals surface area contributed by atoms with E-state index in [1.165, 1.54) is 25.2 Å². The van der Waals surface area contributed by atoms with Crippen LogP contribution in [0.25, 0.3) is 0 Å². The molecule has 0 aliphatic rings. The first kappa shape index (κ1) is 14.7. The fourth-order valence-corrected chi connectivity index (χ4v) is 1.39. The number of halogens is 1. The summed E-state index contributed by atoms with van der Waals surface area (Å²) in [5.74, 6) is -2.22. The maximum atomic E-state index is 11.4. The van der Waals surface area contributed by atoms with E-state index in [4.69, 9.17) is 16.7 Å². The Morgan fingerprint density at radius 1 is 1.26 bits per heavy atom. The smallest absolute Gasteiger partial charge is 0.328 e. The van der Waals surface area contributed by atoms with E-state index in [2.05, 4.69) is 10.6 Å². The van der Waals surface area contributed by atoms with Crippen LogP contribution in [0.15, 0.2) is 30.4 Å². The van der Waals surface area contributed by atoms with Gasteiger partial charge in [0.15, 0.2) is 0 Å². The van der Waals surface area contributed by atoms with Crippen LogP contribution in [0.4, 0.5) is 5.69 Å². The number of hydrogen-bond acceptors (Lipinski definition) is 3. The summed E-state index contributed by atoms with van der Waals surface area (Å²) in [6.45, 7) is 0. The van der Waals surface area contributed by atoms with E-state index < -0.39 is 11.9 Å². The standard InChI is InChI=1S/C12H11ClN2O4/c1-14-12(19)7-2-3-8(13)9(6-7)15-10(16)4-5-11(17)18/h2-6H,1H3,(H,14,19)(H,15,16)(H,17,18)/b5-4+. The predicted octanol–water partition coefficient (Wildman–Crippen LogP) is 1.28. The lowest BCUT2D eigenvalue weighted by molar-refractivity contribution is -0.131. The molecule has 1 aromatic rings. The quantitative estimate of drug-likeness (QED) is 0.725. The molecule has 1 aromatic carbocycles. The second kappa shape index (κ2) is 6.55. The average molecular weight is 283 g/mol. The van der Waals surface area contributed by atoms with Crippen LogP contribution in [0.5, 0.6) is 0 Å². The Bertz CT molecular complexity index is 555. The number of rotatable bonds is 4. The molecular weight excluding hydrogens is 272 g/mol. The summed E-state index contributed by atoms with van der Waals surface area (Å²) in [4.78, 5) is 33.1. The molecule has 0 bridgehead atoms. The summed E-state index contributed by atoms with van der Waals surface area (Å²) in [6.07, 6.45) is 1.55. The van der Waals surface area contributed by atoms with Gasteiger partial charge in [-0.2, -0.15) is 0 Å². The molecule has 0 fully saturated rings. The van der Waals surface area contributed by atoms with Gasteiger partial charge in [-0.05, 0) is 18.2 Å². The number of hydrogen-bond donors (Lipinski definition) is 3. The van der Waals surface area contributed by atoms with Crippen molar-refractivity contribution in [2.75, 3.05) is 12.4 Å². The second-order valence-electron chi connectivity index (χ2n) is 3.43. The number of carbonyl (C=O) groups is 3. The normalized spacial score (nSPS) is 10.2. The fraction of sp³-hybridized carbons (Fsp3) is 0.0833. The highest BCUT2D eigenvalue weighted by molar-refractivity contribution is 6.34. The van der Waals surface area contributed by atoms with Crippen LogP contribution in [-0.4, -0.2) is 29.9 Å². The maximum Gasteiger partial charge on any atom is 0.328 e. The van der Waals surface area contributed by atoms with Crippen LogP contribution in [0.3, 0.4) is 0 Å². The van der Waals surface area contributed by atoms with Gasteiger partial charge in [0.25, 0.3) is 5.91 Å². The lowest BCUT2D eigenvalue weighted by Crippen LogP contribution is -2.18. The van der Waals surface area contributed by atoms with E-state index in [1.807, 2.05) is 0 Å². The minimum Gasteiger partial charge on any atom is -0.478 e. The minimum absolute atomic E-state index is 0.225. The van der Waals surface area contributed by atoms with Gasteiger partial charge in [0, 0.05) is 24.8 Å². The number of carbonyl (C=O) groups excluding carboxylic acids is 2. The molecular formula is C12H11ClN2O4. The Kier molecular flexibility index (Phi) is 5.08. The Balaban J connectivity index is 2.91. The number of benzene rings is 1. The number of carboxylic acid groups (broad SMARTS) is 1. The van der Waals surface area contributed by atoms with Crippen molar-refractivity contribution in [2.45, 2.75) is 0 Å². The van der Waals surface area contributed by atoms with Crippen molar-refractivity contribution in [3.63, 3.8) is 0 Å². The zero-order valence-electron chi connectivity index (χ0n) is 9.94. The van der Waals surface area contributed by atoms with Crippen LogP contribution in [0, 0.1) is 0 Å². The highest BCUT2D eigenvalue weighted by Crippen LogP contribution is 2.23. The van der Waals surface area contributed by atoms with Crippen molar-refractivity contribution in [1.29, 1.82) is 0 Å². The molecule has 2 amide bonds. The van der Waals surface area contributed by atoms with Crippen LogP contribution in [0.2, 0.25) is 5.02 Å². The van der Waals surface area contributed by atoms with Crippen molar-refractivity contribution in [3.05, 3.63) is 40.9 Å². The molecule has 0 aliphatic carbocycles. The Morgan fingerprint density at radius 3 is 2.53 bits per heavy atom. The second-order valence-corrected chi connectivity index (χ2v) is 3.84. The van der Waals surface area contributed by atoms with Gasteiger partial charge in [-0.15, -0.1) is 0 Å². The van der Waals surface area contributed by atoms with Gasteiger partial charge in [0.1, 0.15) is 0 Å². The van der Waals surface area contributed by atoms with E-state index in [1.54, 1.807) is 0 Å². The first-order valence-electron chi connectivity index (χ1n) is 5.17. The summed E-state index contributed by atoms with van der Waals surface area (Å²) in [7, 11) is 1.48. The van der Waals surface area contributed by atoms with Crippen molar-refractivity contribution in [1.82, 2.24) is 5.32 Å². The molecule has 0 unspecified atom stereocenters. The summed E-state index contributed by atoms with van der Waals surface area (Å²) < 4.78 is 0. The molecule has 7 heteroatoms. The highest BCUT2D eigenvalue weighted by atomic mass is 35.5. The molecule has 6 nitrogen and oxygen atoms in total. The Morgan fingerprint density at radius 2 is 1.95 bits per heavy atom. The SMILES string of the molecule is CNC(=O)c1ccc(Cl)c(NC(=O)/C=C/C(=O)O)c1. The van der Waals surface area contributed by atoms with Crippen molar-refractivity contribution in [3.8, 4) is 0 Å². The third-order valence-electron chi connectivity index (χ3n) is 2.09. The molecule has 3 N–H and O–H groups in total. The molecule has 0 radical (unpaired) electrons. The van der Waals surface area contributed by atoms with Gasteiger partial charge < -0.3 is 15.7 Å². The van der Waals surface area contributed by atoms with E-state index in [0.717, 1.165) is 6.08 Å². The molecule has 0 aromatic heterocycles. The van der Waals surface area contributed by atoms with Gasteiger partial charge in [-0.25, -0.2) is 4.79 Å². The average Bonchev–Trinajstić information content (AvgIpc) is 2.38. The van der Waals surface area contributed by atoms with Crippen LogP contribution in [-0.2, 0) is 9.59 Å². The summed E-state index contributed by atoms with van der Waals surface area (Å²) in [5, 5.41) is 13.4. The highest BCUT2D eigenvalue weighted by Gasteiger charge is 2.09. The molecule has 0 saturated carbocycles. The molecule has 1 rings (SSSR count). The zero-order valence-corrected chi connectivity index (χ0v) is 10.7. The van der Waals surface area contributed by atoms with E-state index in [9.17, 15) is 14.4 Å². The first-order chi connectivity index (χ1) is 8.93. The van der Waals surface area contributed by atoms with Crippen LogP contribution in [0.1, 0.15) is 10.4 Å².